The predicted molar refractivity (Wildman–Crippen MR) is 85.1 cm³/mol. The van der Waals surface area contributed by atoms with Gasteiger partial charge in [-0.05, 0) is 12.1 Å². The maximum Gasteiger partial charge on any atom is 0.296 e. The summed E-state index contributed by atoms with van der Waals surface area (Å²) in [6, 6.07) is 13.0. The lowest BCUT2D eigenvalue weighted by atomic mass is 10.2. The normalized spacial score (nSPS) is 10.7. The zero-order valence-electron chi connectivity index (χ0n) is 12.6. The molecule has 4 rings (SSSR count). The van der Waals surface area contributed by atoms with Gasteiger partial charge in [0, 0.05) is 30.0 Å². The van der Waals surface area contributed by atoms with Gasteiger partial charge in [0.1, 0.15) is 5.69 Å². The fourth-order valence-corrected chi connectivity index (χ4v) is 2.21. The van der Waals surface area contributed by atoms with E-state index >= 15 is 0 Å². The van der Waals surface area contributed by atoms with Crippen molar-refractivity contribution in [2.75, 3.05) is 0 Å². The van der Waals surface area contributed by atoms with Crippen LogP contribution in [0.1, 0.15) is 0 Å². The highest BCUT2D eigenvalue weighted by Gasteiger charge is 2.17. The van der Waals surface area contributed by atoms with E-state index in [-0.39, 0.29) is 23.2 Å². The van der Waals surface area contributed by atoms with Crippen LogP contribution in [0.25, 0.3) is 34.4 Å². The maximum atomic E-state index is 10.9. The summed E-state index contributed by atoms with van der Waals surface area (Å²) < 4.78 is 10.4. The monoisotopic (exact) mass is 335 g/mol. The minimum atomic E-state index is -0.486. The lowest BCUT2D eigenvalue weighted by molar-refractivity contribution is -0.384. The van der Waals surface area contributed by atoms with E-state index < -0.39 is 4.92 Å². The van der Waals surface area contributed by atoms with Crippen LogP contribution in [0.2, 0.25) is 0 Å². The summed E-state index contributed by atoms with van der Waals surface area (Å²) in [5, 5.41) is 18.6. The Labute approximate surface area is 140 Å². The first kappa shape index (κ1) is 14.7. The van der Waals surface area contributed by atoms with Crippen LogP contribution in [0, 0.1) is 10.1 Å². The molecule has 4 aromatic rings. The number of nitro benzene ring substituents is 1. The summed E-state index contributed by atoms with van der Waals surface area (Å²) in [6.45, 7) is 0. The Kier molecular flexibility index (Phi) is 3.51. The molecule has 0 N–H and O–H groups in total. The number of rotatable bonds is 4. The Morgan fingerprint density at radius 3 is 2.68 bits per heavy atom. The van der Waals surface area contributed by atoms with E-state index in [1.165, 1.54) is 12.1 Å². The molecule has 1 aromatic carbocycles. The molecule has 0 saturated heterocycles. The van der Waals surface area contributed by atoms with Gasteiger partial charge >= 0.3 is 0 Å². The minimum absolute atomic E-state index is 0.0547. The van der Waals surface area contributed by atoms with Crippen LogP contribution in [-0.2, 0) is 0 Å². The molecular formula is C16H9N5O4. The van der Waals surface area contributed by atoms with E-state index in [4.69, 9.17) is 9.05 Å². The Hall–Kier alpha value is -3.88. The van der Waals surface area contributed by atoms with Gasteiger partial charge in [0.25, 0.3) is 11.6 Å². The molecule has 25 heavy (non-hydrogen) atoms. The molecular weight excluding hydrogens is 326 g/mol. The molecule has 0 radical (unpaired) electrons. The Balaban J connectivity index is 1.65. The third kappa shape index (κ3) is 2.85. The van der Waals surface area contributed by atoms with Crippen molar-refractivity contribution in [3.8, 4) is 34.4 Å². The fourth-order valence-electron chi connectivity index (χ4n) is 2.21. The van der Waals surface area contributed by atoms with Crippen LogP contribution in [0.3, 0.4) is 0 Å². The van der Waals surface area contributed by atoms with Gasteiger partial charge in [0.15, 0.2) is 0 Å². The van der Waals surface area contributed by atoms with Crippen LogP contribution in [-0.4, -0.2) is 25.2 Å². The first-order chi connectivity index (χ1) is 12.2. The Bertz CT molecular complexity index is 1040. The maximum absolute atomic E-state index is 10.9. The fraction of sp³-hybridized carbons (Fsp3) is 0. The van der Waals surface area contributed by atoms with E-state index in [2.05, 4.69) is 20.3 Å². The van der Waals surface area contributed by atoms with Gasteiger partial charge < -0.3 is 9.05 Å². The van der Waals surface area contributed by atoms with Gasteiger partial charge in [0.2, 0.25) is 11.6 Å². The lowest BCUT2D eigenvalue weighted by Gasteiger charge is -1.94. The quantitative estimate of drug-likeness (QED) is 0.411. The SMILES string of the molecule is O=[N+]([O-])c1cccc(-c2noc(-c3cc(-c4ccccn4)no3)n2)c1. The molecule has 3 heterocycles. The summed E-state index contributed by atoms with van der Waals surface area (Å²) in [6.07, 6.45) is 1.65. The second-order valence-corrected chi connectivity index (χ2v) is 5.02. The Morgan fingerprint density at radius 2 is 1.88 bits per heavy atom. The number of hydrogen-bond donors (Lipinski definition) is 0. The highest BCUT2D eigenvalue weighted by Crippen LogP contribution is 2.27. The van der Waals surface area contributed by atoms with E-state index in [9.17, 15) is 10.1 Å². The van der Waals surface area contributed by atoms with Gasteiger partial charge in [-0.1, -0.05) is 28.5 Å². The van der Waals surface area contributed by atoms with E-state index in [1.807, 2.05) is 6.07 Å². The molecule has 0 saturated carbocycles. The molecule has 0 aliphatic rings. The summed E-state index contributed by atoms with van der Waals surface area (Å²) in [7, 11) is 0. The van der Waals surface area contributed by atoms with E-state index in [0.717, 1.165) is 0 Å². The second-order valence-electron chi connectivity index (χ2n) is 5.02. The number of aromatic nitrogens is 4. The second kappa shape index (κ2) is 5.96. The largest absolute Gasteiger partial charge is 0.350 e. The number of hydrogen-bond acceptors (Lipinski definition) is 8. The molecule has 0 unspecified atom stereocenters. The van der Waals surface area contributed by atoms with Gasteiger partial charge in [0.05, 0.1) is 10.6 Å². The van der Waals surface area contributed by atoms with Crippen LogP contribution in [0.15, 0.2) is 63.8 Å². The summed E-state index contributed by atoms with van der Waals surface area (Å²) in [5.74, 6) is 0.621. The molecule has 0 bridgehead atoms. The molecule has 0 spiro atoms. The average molecular weight is 335 g/mol. The van der Waals surface area contributed by atoms with Crippen molar-refractivity contribution in [1.82, 2.24) is 20.3 Å². The number of non-ortho nitro benzene ring substituents is 1. The number of benzene rings is 1. The topological polar surface area (TPSA) is 121 Å². The zero-order chi connectivity index (χ0) is 17.2. The first-order valence-electron chi connectivity index (χ1n) is 7.18. The third-order valence-corrected chi connectivity index (χ3v) is 3.39. The van der Waals surface area contributed by atoms with Crippen molar-refractivity contribution in [1.29, 1.82) is 0 Å². The van der Waals surface area contributed by atoms with Crippen LogP contribution < -0.4 is 0 Å². The van der Waals surface area contributed by atoms with Crippen molar-refractivity contribution in [2.24, 2.45) is 0 Å². The summed E-state index contributed by atoms with van der Waals surface area (Å²) in [5.41, 5.74) is 1.59. The first-order valence-corrected chi connectivity index (χ1v) is 7.18. The van der Waals surface area contributed by atoms with Crippen molar-refractivity contribution < 1.29 is 14.0 Å². The highest BCUT2D eigenvalue weighted by molar-refractivity contribution is 5.63. The van der Waals surface area contributed by atoms with Crippen LogP contribution >= 0.6 is 0 Å². The number of nitro groups is 1. The molecule has 0 atom stereocenters. The van der Waals surface area contributed by atoms with Crippen molar-refractivity contribution in [2.45, 2.75) is 0 Å². The van der Waals surface area contributed by atoms with Gasteiger partial charge in [-0.15, -0.1) is 0 Å². The van der Waals surface area contributed by atoms with Gasteiger partial charge in [-0.3, -0.25) is 15.1 Å². The molecule has 122 valence electrons. The minimum Gasteiger partial charge on any atom is -0.350 e. The zero-order valence-corrected chi connectivity index (χ0v) is 12.6. The lowest BCUT2D eigenvalue weighted by Crippen LogP contribution is -1.88. The average Bonchev–Trinajstić information content (AvgIpc) is 3.32. The van der Waals surface area contributed by atoms with Gasteiger partial charge in [-0.2, -0.15) is 4.98 Å². The van der Waals surface area contributed by atoms with Gasteiger partial charge in [-0.25, -0.2) is 0 Å². The molecule has 3 aromatic heterocycles. The molecule has 0 fully saturated rings. The molecule has 9 heteroatoms. The van der Waals surface area contributed by atoms with Crippen molar-refractivity contribution in [3.63, 3.8) is 0 Å². The van der Waals surface area contributed by atoms with E-state index in [0.29, 0.717) is 17.0 Å². The highest BCUT2D eigenvalue weighted by atomic mass is 16.6. The summed E-state index contributed by atoms with van der Waals surface area (Å²) >= 11 is 0. The number of pyridine rings is 1. The molecule has 9 nitrogen and oxygen atoms in total. The number of nitrogens with zero attached hydrogens (tertiary/aromatic N) is 5. The smallest absolute Gasteiger partial charge is 0.296 e. The van der Waals surface area contributed by atoms with Crippen LogP contribution in [0.5, 0.6) is 0 Å². The predicted octanol–water partition coefficient (Wildman–Crippen LogP) is 3.36. The molecule has 0 amide bonds. The van der Waals surface area contributed by atoms with Crippen molar-refractivity contribution >= 4 is 5.69 Å². The summed E-state index contributed by atoms with van der Waals surface area (Å²) in [4.78, 5) is 18.8. The van der Waals surface area contributed by atoms with Crippen LogP contribution in [0.4, 0.5) is 5.69 Å². The standard InChI is InChI=1S/C16H9N5O4/c22-21(23)11-5-3-4-10(8-11)15-18-16(25-20-15)14-9-13(19-24-14)12-6-1-2-7-17-12/h1-9H. The van der Waals surface area contributed by atoms with E-state index in [1.54, 1.807) is 36.5 Å². The molecule has 0 aliphatic carbocycles. The third-order valence-electron chi connectivity index (χ3n) is 3.39. The molecule has 0 aliphatic heterocycles. The van der Waals surface area contributed by atoms with Crippen molar-refractivity contribution in [3.05, 3.63) is 64.8 Å². The Morgan fingerprint density at radius 1 is 0.960 bits per heavy atom.